The van der Waals surface area contributed by atoms with E-state index in [0.717, 1.165) is 42.0 Å². The molecule has 1 saturated carbocycles. The lowest BCUT2D eigenvalue weighted by Gasteiger charge is -2.12. The molecular formula is C21H16N4O3. The lowest BCUT2D eigenvalue weighted by molar-refractivity contribution is 0.323. The summed E-state index contributed by atoms with van der Waals surface area (Å²) in [6.45, 7) is 0.729. The fourth-order valence-electron chi connectivity index (χ4n) is 3.96. The number of rotatable bonds is 3. The number of imidazole rings is 1. The summed E-state index contributed by atoms with van der Waals surface area (Å²) < 4.78 is 13.5. The molecule has 1 N–H and O–H groups in total. The topological polar surface area (TPSA) is 82.0 Å². The van der Waals surface area contributed by atoms with Crippen LogP contribution >= 0.6 is 0 Å². The zero-order chi connectivity index (χ0) is 18.7. The highest BCUT2D eigenvalue weighted by Gasteiger charge is 2.52. The Hall–Kier alpha value is -3.61. The second-order valence-corrected chi connectivity index (χ2v) is 7.31. The largest absolute Gasteiger partial charge is 0.492 e. The second-order valence-electron chi connectivity index (χ2n) is 7.31. The molecule has 0 atom stereocenters. The molecule has 0 unspecified atom stereocenters. The van der Waals surface area contributed by atoms with E-state index in [1.807, 2.05) is 24.3 Å². The van der Waals surface area contributed by atoms with Gasteiger partial charge in [0.1, 0.15) is 11.5 Å². The van der Waals surface area contributed by atoms with Gasteiger partial charge in [-0.2, -0.15) is 0 Å². The third kappa shape index (κ3) is 2.19. The number of nitrogens with zero attached hydrogens (tertiary/aromatic N) is 3. The maximum absolute atomic E-state index is 12.3. The molecule has 1 aliphatic carbocycles. The van der Waals surface area contributed by atoms with E-state index >= 15 is 0 Å². The van der Waals surface area contributed by atoms with Crippen molar-refractivity contribution in [3.63, 3.8) is 0 Å². The molecule has 4 heterocycles. The molecule has 0 radical (unpaired) electrons. The van der Waals surface area contributed by atoms with Gasteiger partial charge >= 0.3 is 5.69 Å². The predicted molar refractivity (Wildman–Crippen MR) is 102 cm³/mol. The third-order valence-corrected chi connectivity index (χ3v) is 5.55. The Bertz CT molecular complexity index is 1270. The first-order chi connectivity index (χ1) is 13.7. The average molecular weight is 372 g/mol. The van der Waals surface area contributed by atoms with Crippen molar-refractivity contribution in [1.29, 1.82) is 0 Å². The van der Waals surface area contributed by atoms with Gasteiger partial charge in [0.2, 0.25) is 5.88 Å². The van der Waals surface area contributed by atoms with E-state index in [1.165, 1.54) is 0 Å². The number of pyridine rings is 2. The van der Waals surface area contributed by atoms with Crippen LogP contribution in [-0.2, 0) is 5.41 Å². The van der Waals surface area contributed by atoms with Gasteiger partial charge in [0.15, 0.2) is 0 Å². The fraction of sp³-hybridized carbons (Fsp3) is 0.190. The second kappa shape index (κ2) is 5.45. The Morgan fingerprint density at radius 3 is 2.89 bits per heavy atom. The molecule has 0 amide bonds. The first-order valence-electron chi connectivity index (χ1n) is 9.19. The van der Waals surface area contributed by atoms with Crippen molar-refractivity contribution >= 4 is 11.0 Å². The molecule has 0 bridgehead atoms. The smallest absolute Gasteiger partial charge is 0.331 e. The van der Waals surface area contributed by atoms with Gasteiger partial charge in [0.25, 0.3) is 0 Å². The Balaban J connectivity index is 1.36. The van der Waals surface area contributed by atoms with Crippen molar-refractivity contribution in [2.75, 3.05) is 6.61 Å². The number of H-pyrrole nitrogens is 1. The SMILES string of the molecule is O=c1[nH]c2ccncc2n1-c1ccc(Oc2cccc3c2C2(CC2)CO3)nc1. The zero-order valence-corrected chi connectivity index (χ0v) is 14.9. The summed E-state index contributed by atoms with van der Waals surface area (Å²) in [4.78, 5) is 23.7. The third-order valence-electron chi connectivity index (χ3n) is 5.55. The van der Waals surface area contributed by atoms with Gasteiger partial charge < -0.3 is 14.5 Å². The van der Waals surface area contributed by atoms with E-state index in [9.17, 15) is 4.79 Å². The quantitative estimate of drug-likeness (QED) is 0.597. The van der Waals surface area contributed by atoms with Crippen molar-refractivity contribution in [2.24, 2.45) is 0 Å². The Kier molecular flexibility index (Phi) is 3.01. The van der Waals surface area contributed by atoms with Crippen molar-refractivity contribution in [1.82, 2.24) is 19.5 Å². The normalized spacial score (nSPS) is 16.1. The molecule has 138 valence electrons. The van der Waals surface area contributed by atoms with Crippen LogP contribution in [0, 0.1) is 0 Å². The molecule has 6 rings (SSSR count). The van der Waals surface area contributed by atoms with Crippen LogP contribution in [0.1, 0.15) is 18.4 Å². The lowest BCUT2D eigenvalue weighted by atomic mass is 9.97. The highest BCUT2D eigenvalue weighted by molar-refractivity contribution is 5.75. The maximum atomic E-state index is 12.3. The van der Waals surface area contributed by atoms with E-state index in [1.54, 1.807) is 35.3 Å². The molecule has 1 fully saturated rings. The molecule has 7 heteroatoms. The van der Waals surface area contributed by atoms with Crippen LogP contribution in [0.15, 0.2) is 59.8 Å². The minimum absolute atomic E-state index is 0.121. The van der Waals surface area contributed by atoms with Gasteiger partial charge in [-0.25, -0.2) is 9.78 Å². The number of hydrogen-bond acceptors (Lipinski definition) is 5. The standard InChI is InChI=1S/C21H16N4O3/c26-20-24-14-6-9-22-11-15(14)25(20)13-4-5-18(23-10-13)28-17-3-1-2-16-19(17)21(7-8-21)12-27-16/h1-6,9-11H,7-8,12H2,(H,24,26). The molecule has 1 aliphatic heterocycles. The first-order valence-corrected chi connectivity index (χ1v) is 9.19. The molecule has 28 heavy (non-hydrogen) atoms. The van der Waals surface area contributed by atoms with Crippen molar-refractivity contribution in [2.45, 2.75) is 18.3 Å². The Morgan fingerprint density at radius 1 is 1.14 bits per heavy atom. The Morgan fingerprint density at radius 2 is 2.07 bits per heavy atom. The van der Waals surface area contributed by atoms with Gasteiger partial charge in [0.05, 0.1) is 35.7 Å². The van der Waals surface area contributed by atoms with Crippen LogP contribution in [0.25, 0.3) is 16.7 Å². The highest BCUT2D eigenvalue weighted by Crippen LogP contribution is 2.58. The number of fused-ring (bicyclic) bond motifs is 3. The minimum atomic E-state index is -0.229. The number of aromatic amines is 1. The number of aromatic nitrogens is 4. The Labute approximate surface area is 159 Å². The maximum Gasteiger partial charge on any atom is 0.331 e. The molecule has 4 aromatic rings. The van der Waals surface area contributed by atoms with E-state index in [4.69, 9.17) is 9.47 Å². The van der Waals surface area contributed by atoms with Crippen LogP contribution in [0.5, 0.6) is 17.4 Å². The number of nitrogens with one attached hydrogen (secondary N) is 1. The fourth-order valence-corrected chi connectivity index (χ4v) is 3.96. The molecule has 2 aliphatic rings. The van der Waals surface area contributed by atoms with Crippen LogP contribution in [0.4, 0.5) is 0 Å². The van der Waals surface area contributed by atoms with Crippen LogP contribution in [-0.4, -0.2) is 26.1 Å². The number of ether oxygens (including phenoxy) is 2. The zero-order valence-electron chi connectivity index (χ0n) is 14.9. The molecule has 0 saturated heterocycles. The molecule has 3 aromatic heterocycles. The number of hydrogen-bond donors (Lipinski definition) is 1. The summed E-state index contributed by atoms with van der Waals surface area (Å²) in [5.74, 6) is 2.18. The van der Waals surface area contributed by atoms with E-state index < -0.39 is 0 Å². The molecular weight excluding hydrogens is 356 g/mol. The summed E-state index contributed by atoms with van der Waals surface area (Å²) >= 11 is 0. The minimum Gasteiger partial charge on any atom is -0.492 e. The van der Waals surface area contributed by atoms with Crippen LogP contribution < -0.4 is 15.2 Å². The highest BCUT2D eigenvalue weighted by atomic mass is 16.5. The van der Waals surface area contributed by atoms with E-state index in [-0.39, 0.29) is 11.1 Å². The monoisotopic (exact) mass is 372 g/mol. The molecule has 7 nitrogen and oxygen atoms in total. The van der Waals surface area contributed by atoms with Gasteiger partial charge in [-0.1, -0.05) is 6.07 Å². The average Bonchev–Trinajstić information content (AvgIpc) is 3.28. The van der Waals surface area contributed by atoms with E-state index in [0.29, 0.717) is 17.1 Å². The van der Waals surface area contributed by atoms with Gasteiger partial charge in [0, 0.05) is 23.2 Å². The van der Waals surface area contributed by atoms with Gasteiger partial charge in [-0.3, -0.25) is 9.55 Å². The number of benzene rings is 1. The summed E-state index contributed by atoms with van der Waals surface area (Å²) in [5, 5.41) is 0. The van der Waals surface area contributed by atoms with E-state index in [2.05, 4.69) is 15.0 Å². The molecule has 1 spiro atoms. The molecule has 1 aromatic carbocycles. The van der Waals surface area contributed by atoms with Crippen molar-refractivity contribution in [3.8, 4) is 23.1 Å². The van der Waals surface area contributed by atoms with Crippen LogP contribution in [0.3, 0.4) is 0 Å². The van der Waals surface area contributed by atoms with Gasteiger partial charge in [-0.05, 0) is 37.1 Å². The predicted octanol–water partition coefficient (Wildman–Crippen LogP) is 3.33. The van der Waals surface area contributed by atoms with Crippen molar-refractivity contribution in [3.05, 3.63) is 71.0 Å². The van der Waals surface area contributed by atoms with Crippen molar-refractivity contribution < 1.29 is 9.47 Å². The summed E-state index contributed by atoms with van der Waals surface area (Å²) in [6, 6.07) is 11.2. The first kappa shape index (κ1) is 15.4. The summed E-state index contributed by atoms with van der Waals surface area (Å²) in [7, 11) is 0. The van der Waals surface area contributed by atoms with Crippen LogP contribution in [0.2, 0.25) is 0 Å². The lowest BCUT2D eigenvalue weighted by Crippen LogP contribution is -2.14. The summed E-state index contributed by atoms with van der Waals surface area (Å²) in [5.41, 5.74) is 3.13. The summed E-state index contributed by atoms with van der Waals surface area (Å²) in [6.07, 6.45) is 7.19. The van der Waals surface area contributed by atoms with Gasteiger partial charge in [-0.15, -0.1) is 0 Å².